The summed E-state index contributed by atoms with van der Waals surface area (Å²) >= 11 is 6.36. The first-order valence-electron chi connectivity index (χ1n) is 11.6. The summed E-state index contributed by atoms with van der Waals surface area (Å²) in [7, 11) is 4.22. The molecule has 0 radical (unpaired) electrons. The molecule has 0 saturated carbocycles. The molecular weight excluding hydrogens is 510 g/mol. The molecule has 3 aromatic rings. The number of aliphatic hydroxyl groups excluding tert-OH is 1. The van der Waals surface area contributed by atoms with Crippen LogP contribution >= 0.6 is 11.6 Å². The maximum atomic E-state index is 13.5. The number of nitrogens with zero attached hydrogens (tertiary/aromatic N) is 1. The molecule has 1 unspecified atom stereocenters. The van der Waals surface area contributed by atoms with E-state index >= 15 is 0 Å². The van der Waals surface area contributed by atoms with Crippen molar-refractivity contribution in [2.75, 3.05) is 26.2 Å². The minimum atomic E-state index is -0.986. The number of amides is 1. The van der Waals surface area contributed by atoms with Crippen LogP contribution in [0.1, 0.15) is 28.3 Å². The standard InChI is InChI=1S/C29H26ClNO7/c1-16-12-21(28(38-4)22(30)13-16)26(33)24-25(18-6-5-7-20(15-18)36-2)31(29(35)27(24)34)19-10-8-17(9-11-19)14-23(32)37-3/h5-13,15,25,33H,14H2,1-4H3/b26-24+. The monoisotopic (exact) mass is 535 g/mol. The zero-order valence-corrected chi connectivity index (χ0v) is 22.0. The van der Waals surface area contributed by atoms with E-state index in [2.05, 4.69) is 0 Å². The minimum Gasteiger partial charge on any atom is -0.507 e. The van der Waals surface area contributed by atoms with Gasteiger partial charge in [0.25, 0.3) is 11.7 Å². The number of hydrogen-bond donors (Lipinski definition) is 1. The maximum absolute atomic E-state index is 13.5. The Bertz CT molecular complexity index is 1450. The van der Waals surface area contributed by atoms with Crippen molar-refractivity contribution in [2.24, 2.45) is 0 Å². The third-order valence-electron chi connectivity index (χ3n) is 6.29. The second-order valence-electron chi connectivity index (χ2n) is 8.69. The van der Waals surface area contributed by atoms with Crippen LogP contribution in [0.25, 0.3) is 5.76 Å². The molecule has 1 N–H and O–H groups in total. The highest BCUT2D eigenvalue weighted by Crippen LogP contribution is 2.45. The number of carbonyl (C=O) groups is 3. The number of Topliss-reactive ketones (excluding diaryl/α,β-unsaturated/α-hetero) is 1. The van der Waals surface area contributed by atoms with Gasteiger partial charge in [-0.15, -0.1) is 0 Å². The third-order valence-corrected chi connectivity index (χ3v) is 6.57. The zero-order chi connectivity index (χ0) is 27.6. The Kier molecular flexibility index (Phi) is 7.73. The molecule has 3 aromatic carbocycles. The lowest BCUT2D eigenvalue weighted by Gasteiger charge is -2.26. The molecule has 196 valence electrons. The summed E-state index contributed by atoms with van der Waals surface area (Å²) in [5, 5.41) is 11.8. The van der Waals surface area contributed by atoms with Gasteiger partial charge in [0.15, 0.2) is 0 Å². The molecule has 1 fully saturated rings. The van der Waals surface area contributed by atoms with Crippen molar-refractivity contribution >= 4 is 40.7 Å². The van der Waals surface area contributed by atoms with E-state index < -0.39 is 29.5 Å². The molecule has 0 spiro atoms. The number of carbonyl (C=O) groups excluding carboxylic acids is 3. The Balaban J connectivity index is 1.93. The molecule has 1 aliphatic heterocycles. The van der Waals surface area contributed by atoms with Gasteiger partial charge in [-0.1, -0.05) is 35.9 Å². The maximum Gasteiger partial charge on any atom is 0.309 e. The van der Waals surface area contributed by atoms with Gasteiger partial charge in [-0.25, -0.2) is 0 Å². The lowest BCUT2D eigenvalue weighted by molar-refractivity contribution is -0.139. The van der Waals surface area contributed by atoms with E-state index in [4.69, 9.17) is 25.8 Å². The van der Waals surface area contributed by atoms with Crippen molar-refractivity contribution in [3.05, 3.63) is 93.5 Å². The van der Waals surface area contributed by atoms with Crippen LogP contribution in [0.2, 0.25) is 5.02 Å². The highest BCUT2D eigenvalue weighted by Gasteiger charge is 2.47. The first kappa shape index (κ1) is 26.8. The van der Waals surface area contributed by atoms with E-state index in [-0.39, 0.29) is 28.3 Å². The number of ether oxygens (including phenoxy) is 3. The molecule has 0 aliphatic carbocycles. The van der Waals surface area contributed by atoms with Crippen LogP contribution < -0.4 is 14.4 Å². The number of rotatable bonds is 7. The van der Waals surface area contributed by atoms with Crippen molar-refractivity contribution in [3.8, 4) is 11.5 Å². The summed E-state index contributed by atoms with van der Waals surface area (Å²) in [6.45, 7) is 1.79. The second kappa shape index (κ2) is 11.0. The Labute approximate surface area is 225 Å². The molecule has 0 aromatic heterocycles. The summed E-state index contributed by atoms with van der Waals surface area (Å²) in [5.74, 6) is -1.81. The molecule has 1 aliphatic rings. The Hall–Kier alpha value is -4.30. The second-order valence-corrected chi connectivity index (χ2v) is 9.10. The summed E-state index contributed by atoms with van der Waals surface area (Å²) in [4.78, 5) is 39.9. The lowest BCUT2D eigenvalue weighted by Crippen LogP contribution is -2.29. The van der Waals surface area contributed by atoms with E-state index in [1.807, 2.05) is 0 Å². The van der Waals surface area contributed by atoms with Gasteiger partial charge >= 0.3 is 5.97 Å². The highest BCUT2D eigenvalue weighted by atomic mass is 35.5. The first-order chi connectivity index (χ1) is 18.2. The van der Waals surface area contributed by atoms with Crippen LogP contribution in [0.3, 0.4) is 0 Å². The predicted octanol–water partition coefficient (Wildman–Crippen LogP) is 5.01. The average molecular weight is 536 g/mol. The average Bonchev–Trinajstić information content (AvgIpc) is 3.18. The Morgan fingerprint density at radius 1 is 1.00 bits per heavy atom. The van der Waals surface area contributed by atoms with Crippen LogP contribution in [-0.4, -0.2) is 44.1 Å². The van der Waals surface area contributed by atoms with Crippen molar-refractivity contribution in [1.29, 1.82) is 0 Å². The van der Waals surface area contributed by atoms with E-state index in [1.165, 1.54) is 26.2 Å². The van der Waals surface area contributed by atoms with Crippen LogP contribution in [0.15, 0.2) is 66.2 Å². The summed E-state index contributed by atoms with van der Waals surface area (Å²) < 4.78 is 15.5. The number of aliphatic hydroxyl groups is 1. The van der Waals surface area contributed by atoms with Gasteiger partial charge in [0.1, 0.15) is 17.3 Å². The number of hydrogen-bond acceptors (Lipinski definition) is 7. The number of anilines is 1. The molecule has 1 amide bonds. The van der Waals surface area contributed by atoms with Crippen molar-refractivity contribution in [2.45, 2.75) is 19.4 Å². The molecule has 1 saturated heterocycles. The topological polar surface area (TPSA) is 102 Å². The van der Waals surface area contributed by atoms with Crippen LogP contribution in [-0.2, 0) is 25.5 Å². The van der Waals surface area contributed by atoms with E-state index in [0.717, 1.165) is 5.56 Å². The van der Waals surface area contributed by atoms with Gasteiger partial charge in [0.2, 0.25) is 0 Å². The van der Waals surface area contributed by atoms with Gasteiger partial charge in [-0.3, -0.25) is 19.3 Å². The predicted molar refractivity (Wildman–Crippen MR) is 143 cm³/mol. The van der Waals surface area contributed by atoms with Gasteiger partial charge in [0.05, 0.1) is 50.0 Å². The highest BCUT2D eigenvalue weighted by molar-refractivity contribution is 6.51. The molecule has 4 rings (SSSR count). The molecule has 38 heavy (non-hydrogen) atoms. The number of benzene rings is 3. The van der Waals surface area contributed by atoms with Crippen molar-refractivity contribution in [1.82, 2.24) is 0 Å². The van der Waals surface area contributed by atoms with Crippen molar-refractivity contribution < 1.29 is 33.7 Å². The summed E-state index contributed by atoms with van der Waals surface area (Å²) in [6.07, 6.45) is 0.0584. The van der Waals surface area contributed by atoms with Gasteiger partial charge in [-0.05, 0) is 60.0 Å². The fourth-order valence-corrected chi connectivity index (χ4v) is 4.85. The lowest BCUT2D eigenvalue weighted by atomic mass is 9.94. The van der Waals surface area contributed by atoms with E-state index in [1.54, 1.807) is 67.6 Å². The molecule has 1 atom stereocenters. The Morgan fingerprint density at radius 2 is 1.71 bits per heavy atom. The largest absolute Gasteiger partial charge is 0.507 e. The minimum absolute atomic E-state index is 0.0584. The molecular formula is C29H26ClNO7. The summed E-state index contributed by atoms with van der Waals surface area (Å²) in [6, 6.07) is 15.9. The number of ketones is 1. The molecule has 0 bridgehead atoms. The van der Waals surface area contributed by atoms with E-state index in [0.29, 0.717) is 22.6 Å². The quantitative estimate of drug-likeness (QED) is 0.196. The number of esters is 1. The number of methoxy groups -OCH3 is 3. The molecule has 8 nitrogen and oxygen atoms in total. The SMILES string of the molecule is COC(=O)Cc1ccc(N2C(=O)C(=O)/C(=C(/O)c3cc(C)cc(Cl)c3OC)C2c2cccc(OC)c2)cc1. The third kappa shape index (κ3) is 4.95. The summed E-state index contributed by atoms with van der Waals surface area (Å²) in [5.41, 5.74) is 2.42. The molecule has 9 heteroatoms. The van der Waals surface area contributed by atoms with Gasteiger partial charge < -0.3 is 19.3 Å². The fourth-order valence-electron chi connectivity index (χ4n) is 4.50. The Morgan fingerprint density at radius 3 is 2.34 bits per heavy atom. The number of halogens is 1. The first-order valence-corrected chi connectivity index (χ1v) is 12.0. The smallest absolute Gasteiger partial charge is 0.309 e. The van der Waals surface area contributed by atoms with Crippen LogP contribution in [0, 0.1) is 6.92 Å². The van der Waals surface area contributed by atoms with Crippen LogP contribution in [0.4, 0.5) is 5.69 Å². The van der Waals surface area contributed by atoms with Crippen molar-refractivity contribution in [3.63, 3.8) is 0 Å². The van der Waals surface area contributed by atoms with Crippen LogP contribution in [0.5, 0.6) is 11.5 Å². The van der Waals surface area contributed by atoms with Gasteiger partial charge in [-0.2, -0.15) is 0 Å². The fraction of sp³-hybridized carbons (Fsp3) is 0.207. The van der Waals surface area contributed by atoms with E-state index in [9.17, 15) is 19.5 Å². The zero-order valence-electron chi connectivity index (χ0n) is 21.3. The van der Waals surface area contributed by atoms with Gasteiger partial charge in [0, 0.05) is 5.69 Å². The number of aryl methyl sites for hydroxylation is 1. The molecule has 1 heterocycles. The normalized spacial score (nSPS) is 16.4.